The molecule has 0 spiro atoms. The van der Waals surface area contributed by atoms with E-state index in [0.29, 0.717) is 31.6 Å². The normalized spacial score (nSPS) is 20.2. The van der Waals surface area contributed by atoms with Crippen molar-refractivity contribution in [1.82, 2.24) is 19.7 Å². The number of carbonyl (C=O) groups is 1. The molecule has 2 aliphatic rings. The third kappa shape index (κ3) is 5.19. The molecule has 9 heteroatoms. The molecule has 0 radical (unpaired) electrons. The number of sulfonamides is 1. The van der Waals surface area contributed by atoms with Crippen molar-refractivity contribution in [2.45, 2.75) is 62.8 Å². The van der Waals surface area contributed by atoms with Crippen LogP contribution in [0.3, 0.4) is 0 Å². The van der Waals surface area contributed by atoms with Gasteiger partial charge in [-0.05, 0) is 32.6 Å². The van der Waals surface area contributed by atoms with Crippen LogP contribution in [0.5, 0.6) is 0 Å². The van der Waals surface area contributed by atoms with Crippen LogP contribution < -0.4 is 5.32 Å². The highest BCUT2D eigenvalue weighted by atomic mass is 32.2. The van der Waals surface area contributed by atoms with Crippen molar-refractivity contribution < 1.29 is 17.7 Å². The maximum Gasteiger partial charge on any atom is 0.248 e. The highest BCUT2D eigenvalue weighted by molar-refractivity contribution is 7.89. The predicted molar refractivity (Wildman–Crippen MR) is 110 cm³/mol. The summed E-state index contributed by atoms with van der Waals surface area (Å²) in [5.74, 6) is 0.179. The topological polar surface area (TPSA) is 95.8 Å². The van der Waals surface area contributed by atoms with Gasteiger partial charge < -0.3 is 14.7 Å². The first-order valence-corrected chi connectivity index (χ1v) is 11.8. The van der Waals surface area contributed by atoms with Crippen LogP contribution >= 0.6 is 0 Å². The molecule has 1 amide bonds. The lowest BCUT2D eigenvalue weighted by Crippen LogP contribution is -2.45. The Bertz CT molecular complexity index is 833. The second-order valence-electron chi connectivity index (χ2n) is 8.26. The molecule has 2 heterocycles. The first kappa shape index (κ1) is 21.8. The van der Waals surface area contributed by atoms with Gasteiger partial charge in [0.2, 0.25) is 15.9 Å². The molecule has 0 aromatic carbocycles. The van der Waals surface area contributed by atoms with Gasteiger partial charge in [-0.1, -0.05) is 24.4 Å². The number of hydrogen-bond donors (Lipinski definition) is 1. The summed E-state index contributed by atoms with van der Waals surface area (Å²) in [6, 6.07) is 0.281. The molecule has 162 valence electrons. The van der Waals surface area contributed by atoms with E-state index >= 15 is 0 Å². The average Bonchev–Trinajstić information content (AvgIpc) is 3.08. The molecule has 0 unspecified atom stereocenters. The standard InChI is InChI=1S/C20H32N4O4S/c1-15-19(18(28-22-15)11-12-23(2)3)29(26,27)24-13-9-16(10-14-24)20(25)21-17-7-5-4-6-8-17/h11-12,16-17H,4-10,13-14H2,1-3H3,(H,21,25)/b12-11+. The van der Waals surface area contributed by atoms with Crippen LogP contribution in [-0.4, -0.2) is 61.9 Å². The van der Waals surface area contributed by atoms with E-state index in [4.69, 9.17) is 4.52 Å². The highest BCUT2D eigenvalue weighted by Crippen LogP contribution is 2.29. The smallest absolute Gasteiger partial charge is 0.248 e. The second kappa shape index (κ2) is 9.30. The fourth-order valence-corrected chi connectivity index (χ4v) is 5.79. The first-order chi connectivity index (χ1) is 13.8. The zero-order valence-corrected chi connectivity index (χ0v) is 18.4. The molecular weight excluding hydrogens is 392 g/mol. The van der Waals surface area contributed by atoms with Crippen molar-refractivity contribution in [2.24, 2.45) is 5.92 Å². The predicted octanol–water partition coefficient (Wildman–Crippen LogP) is 2.36. The largest absolute Gasteiger partial charge is 0.383 e. The summed E-state index contributed by atoms with van der Waals surface area (Å²) in [5.41, 5.74) is 0.348. The molecule has 29 heavy (non-hydrogen) atoms. The molecule has 0 atom stereocenters. The molecule has 1 saturated heterocycles. The Labute approximate surface area is 173 Å². The Morgan fingerprint density at radius 2 is 1.83 bits per heavy atom. The number of nitrogens with one attached hydrogen (secondary N) is 1. The van der Waals surface area contributed by atoms with Crippen LogP contribution in [0, 0.1) is 12.8 Å². The molecule has 2 fully saturated rings. The zero-order valence-electron chi connectivity index (χ0n) is 17.6. The van der Waals surface area contributed by atoms with Gasteiger partial charge in [0, 0.05) is 51.4 Å². The number of piperidine rings is 1. The summed E-state index contributed by atoms with van der Waals surface area (Å²) in [7, 11) is -0.0401. The number of aromatic nitrogens is 1. The van der Waals surface area contributed by atoms with Crippen molar-refractivity contribution in [3.63, 3.8) is 0 Å². The molecule has 1 N–H and O–H groups in total. The van der Waals surface area contributed by atoms with E-state index in [-0.39, 0.29) is 28.5 Å². The van der Waals surface area contributed by atoms with E-state index in [1.807, 2.05) is 14.1 Å². The number of nitrogens with zero attached hydrogens (tertiary/aromatic N) is 3. The van der Waals surface area contributed by atoms with Crippen LogP contribution in [0.1, 0.15) is 56.4 Å². The zero-order chi connectivity index (χ0) is 21.0. The maximum atomic E-state index is 13.2. The highest BCUT2D eigenvalue weighted by Gasteiger charge is 2.36. The molecule has 1 aromatic rings. The van der Waals surface area contributed by atoms with Crippen molar-refractivity contribution in [3.8, 4) is 0 Å². The Morgan fingerprint density at radius 3 is 2.45 bits per heavy atom. The summed E-state index contributed by atoms with van der Waals surface area (Å²) in [4.78, 5) is 14.5. The molecule has 1 saturated carbocycles. The Balaban J connectivity index is 1.64. The van der Waals surface area contributed by atoms with Gasteiger partial charge in [0.05, 0.1) is 0 Å². The summed E-state index contributed by atoms with van der Waals surface area (Å²) < 4.78 is 33.1. The quantitative estimate of drug-likeness (QED) is 0.753. The van der Waals surface area contributed by atoms with Gasteiger partial charge in [0.25, 0.3) is 0 Å². The molecule has 1 aliphatic heterocycles. The fourth-order valence-electron chi connectivity index (χ4n) is 4.07. The Kier molecular flexibility index (Phi) is 7.00. The van der Waals surface area contributed by atoms with Gasteiger partial charge in [-0.3, -0.25) is 4.79 Å². The van der Waals surface area contributed by atoms with E-state index in [1.54, 1.807) is 24.1 Å². The van der Waals surface area contributed by atoms with Gasteiger partial charge in [-0.25, -0.2) is 8.42 Å². The number of carbonyl (C=O) groups excluding carboxylic acids is 1. The summed E-state index contributed by atoms with van der Waals surface area (Å²) in [6.07, 6.45) is 10.1. The number of aryl methyl sites for hydroxylation is 1. The third-order valence-corrected chi connectivity index (χ3v) is 7.79. The second-order valence-corrected chi connectivity index (χ2v) is 10.1. The van der Waals surface area contributed by atoms with E-state index < -0.39 is 10.0 Å². The van der Waals surface area contributed by atoms with E-state index in [0.717, 1.165) is 12.8 Å². The third-order valence-electron chi connectivity index (χ3n) is 5.73. The minimum absolute atomic E-state index is 0.0738. The van der Waals surface area contributed by atoms with Crippen molar-refractivity contribution in [3.05, 3.63) is 17.7 Å². The minimum atomic E-state index is -3.73. The fraction of sp³-hybridized carbons (Fsp3) is 0.700. The van der Waals surface area contributed by atoms with Gasteiger partial charge in [0.15, 0.2) is 10.7 Å². The minimum Gasteiger partial charge on any atom is -0.383 e. The van der Waals surface area contributed by atoms with Gasteiger partial charge >= 0.3 is 0 Å². The van der Waals surface area contributed by atoms with Crippen LogP contribution in [0.15, 0.2) is 15.6 Å². The van der Waals surface area contributed by atoms with Crippen LogP contribution in [-0.2, 0) is 14.8 Å². The van der Waals surface area contributed by atoms with Gasteiger partial charge in [-0.2, -0.15) is 4.31 Å². The summed E-state index contributed by atoms with van der Waals surface area (Å²) in [6.45, 7) is 2.28. The molecule has 8 nitrogen and oxygen atoms in total. The number of amides is 1. The molecule has 3 rings (SSSR count). The lowest BCUT2D eigenvalue weighted by molar-refractivity contribution is -0.127. The van der Waals surface area contributed by atoms with E-state index in [2.05, 4.69) is 10.5 Å². The van der Waals surface area contributed by atoms with Crippen molar-refractivity contribution >= 4 is 22.0 Å². The number of rotatable bonds is 6. The van der Waals surface area contributed by atoms with Crippen molar-refractivity contribution in [2.75, 3.05) is 27.2 Å². The van der Waals surface area contributed by atoms with Crippen LogP contribution in [0.4, 0.5) is 0 Å². The van der Waals surface area contributed by atoms with Gasteiger partial charge in [0.1, 0.15) is 5.69 Å². The summed E-state index contributed by atoms with van der Waals surface area (Å²) >= 11 is 0. The van der Waals surface area contributed by atoms with E-state index in [9.17, 15) is 13.2 Å². The maximum absolute atomic E-state index is 13.2. The van der Waals surface area contributed by atoms with E-state index in [1.165, 1.54) is 23.6 Å². The summed E-state index contributed by atoms with van der Waals surface area (Å²) in [5, 5.41) is 7.02. The molecular formula is C20H32N4O4S. The van der Waals surface area contributed by atoms with Crippen LogP contribution in [0.2, 0.25) is 0 Å². The Hall–Kier alpha value is -1.87. The monoisotopic (exact) mass is 424 g/mol. The average molecular weight is 425 g/mol. The lowest BCUT2D eigenvalue weighted by atomic mass is 9.93. The lowest BCUT2D eigenvalue weighted by Gasteiger charge is -2.32. The molecule has 0 bridgehead atoms. The molecule has 1 aliphatic carbocycles. The van der Waals surface area contributed by atoms with Crippen molar-refractivity contribution in [1.29, 1.82) is 0 Å². The first-order valence-electron chi connectivity index (χ1n) is 10.4. The van der Waals surface area contributed by atoms with Gasteiger partial charge in [-0.15, -0.1) is 0 Å². The Morgan fingerprint density at radius 1 is 1.17 bits per heavy atom. The van der Waals surface area contributed by atoms with Crippen LogP contribution in [0.25, 0.3) is 6.08 Å². The SMILES string of the molecule is Cc1noc(/C=C/N(C)C)c1S(=O)(=O)N1CCC(C(=O)NC2CCCCC2)CC1. The molecule has 1 aromatic heterocycles. The number of hydrogen-bond acceptors (Lipinski definition) is 6.